The number of nitrogens with two attached hydrogens (primary N) is 1. The molecule has 0 atom stereocenters. The van der Waals surface area contributed by atoms with E-state index >= 15 is 0 Å². The molecule has 0 unspecified atom stereocenters. The van der Waals surface area contributed by atoms with Crippen LogP contribution in [-0.4, -0.2) is 16.4 Å². The van der Waals surface area contributed by atoms with E-state index in [2.05, 4.69) is 36.5 Å². The Kier molecular flexibility index (Phi) is 5.00. The lowest BCUT2D eigenvalue weighted by atomic mass is 9.82. The summed E-state index contributed by atoms with van der Waals surface area (Å²) < 4.78 is 0. The lowest BCUT2D eigenvalue weighted by molar-refractivity contribution is 0.0886. The van der Waals surface area contributed by atoms with E-state index in [1.807, 2.05) is 13.8 Å². The molecule has 0 aliphatic heterocycles. The summed E-state index contributed by atoms with van der Waals surface area (Å²) in [5, 5.41) is 3.27. The highest BCUT2D eigenvalue weighted by atomic mass is 35.5. The van der Waals surface area contributed by atoms with Crippen molar-refractivity contribution >= 4 is 23.3 Å². The number of amides is 1. The third-order valence-corrected chi connectivity index (χ3v) is 2.94. The summed E-state index contributed by atoms with van der Waals surface area (Å²) >= 11 is 6.02. The molecule has 0 fully saturated rings. The molecule has 0 aliphatic carbocycles. The highest BCUT2D eigenvalue weighted by Crippen LogP contribution is 2.27. The summed E-state index contributed by atoms with van der Waals surface area (Å²) in [4.78, 5) is 16.4. The third-order valence-electron chi connectivity index (χ3n) is 2.63. The van der Waals surface area contributed by atoms with Crippen molar-refractivity contribution in [3.8, 4) is 0 Å². The summed E-state index contributed by atoms with van der Waals surface area (Å²) in [5.41, 5.74) is 2.32. The lowest BCUT2D eigenvalue weighted by Crippen LogP contribution is -2.46. The van der Waals surface area contributed by atoms with Crippen LogP contribution in [0.5, 0.6) is 0 Å². The Morgan fingerprint density at radius 2 is 1.90 bits per heavy atom. The number of nitrogens with zero attached hydrogens (tertiary/aromatic N) is 1. The Morgan fingerprint density at radius 1 is 1.30 bits per heavy atom. The summed E-state index contributed by atoms with van der Waals surface area (Å²) in [6, 6.07) is 3.20. The van der Waals surface area contributed by atoms with Crippen molar-refractivity contribution in [1.82, 2.24) is 10.3 Å². The zero-order valence-electron chi connectivity index (χ0n) is 12.7. The van der Waals surface area contributed by atoms with Gasteiger partial charge in [-0.2, -0.15) is 0 Å². The molecule has 0 aliphatic rings. The molecule has 0 saturated heterocycles. The molecule has 5 nitrogen and oxygen atoms in total. The number of aromatic nitrogens is 1. The van der Waals surface area contributed by atoms with Gasteiger partial charge in [0.2, 0.25) is 0 Å². The molecule has 112 valence electrons. The molecule has 1 amide bonds. The van der Waals surface area contributed by atoms with Gasteiger partial charge in [-0.15, -0.1) is 0 Å². The van der Waals surface area contributed by atoms with Gasteiger partial charge in [0.05, 0.1) is 5.02 Å². The zero-order valence-corrected chi connectivity index (χ0v) is 13.4. The maximum absolute atomic E-state index is 12.3. The Morgan fingerprint density at radius 3 is 2.40 bits per heavy atom. The van der Waals surface area contributed by atoms with E-state index in [1.165, 1.54) is 0 Å². The fourth-order valence-electron chi connectivity index (χ4n) is 2.42. The quantitative estimate of drug-likeness (QED) is 0.590. The van der Waals surface area contributed by atoms with Crippen molar-refractivity contribution in [1.29, 1.82) is 0 Å². The molecule has 4 N–H and O–H groups in total. The average Bonchev–Trinajstić information content (AvgIpc) is 2.25. The molecule has 1 aromatic heterocycles. The summed E-state index contributed by atoms with van der Waals surface area (Å²) in [7, 11) is 0. The predicted molar refractivity (Wildman–Crippen MR) is 82.7 cm³/mol. The molecule has 0 spiro atoms. The molecular weight excluding hydrogens is 276 g/mol. The largest absolute Gasteiger partial charge is 0.346 e. The molecule has 1 aromatic rings. The molecule has 0 bridgehead atoms. The minimum atomic E-state index is -0.355. The number of hydrazine groups is 1. The van der Waals surface area contributed by atoms with E-state index in [9.17, 15) is 4.79 Å². The number of rotatable bonds is 4. The average molecular weight is 299 g/mol. The molecule has 0 radical (unpaired) electrons. The molecule has 0 aromatic carbocycles. The molecular formula is C14H23ClN4O. The van der Waals surface area contributed by atoms with Crippen LogP contribution in [0, 0.1) is 5.41 Å². The second kappa shape index (κ2) is 5.97. The number of pyridine rings is 1. The van der Waals surface area contributed by atoms with E-state index in [0.29, 0.717) is 10.8 Å². The summed E-state index contributed by atoms with van der Waals surface area (Å²) in [5.74, 6) is 5.38. The van der Waals surface area contributed by atoms with Crippen molar-refractivity contribution in [2.45, 2.75) is 46.6 Å². The second-order valence-electron chi connectivity index (χ2n) is 6.75. The standard InChI is InChI=1S/C14H23ClN4O/c1-13(2,3)8-14(4,5)18-12(20)11-9(15)6-7-10(17-11)19-16/h6-7H,8,16H2,1-5H3,(H,17,19)(H,18,20). The number of carbonyl (C=O) groups is 1. The van der Waals surface area contributed by atoms with Crippen LogP contribution in [0.15, 0.2) is 12.1 Å². The van der Waals surface area contributed by atoms with Gasteiger partial charge in [-0.1, -0.05) is 32.4 Å². The number of nitrogens with one attached hydrogen (secondary N) is 2. The van der Waals surface area contributed by atoms with Crippen molar-refractivity contribution in [2.75, 3.05) is 5.43 Å². The van der Waals surface area contributed by atoms with E-state index < -0.39 is 0 Å². The van der Waals surface area contributed by atoms with Crippen LogP contribution in [-0.2, 0) is 0 Å². The van der Waals surface area contributed by atoms with Gasteiger partial charge in [0.25, 0.3) is 5.91 Å². The number of hydrogen-bond donors (Lipinski definition) is 3. The summed E-state index contributed by atoms with van der Waals surface area (Å²) in [6.07, 6.45) is 0.832. The molecule has 0 saturated carbocycles. The first kappa shape index (κ1) is 16.7. The topological polar surface area (TPSA) is 80.0 Å². The van der Waals surface area contributed by atoms with E-state index in [4.69, 9.17) is 17.4 Å². The smallest absolute Gasteiger partial charge is 0.271 e. The first-order chi connectivity index (χ1) is 9.04. The van der Waals surface area contributed by atoms with Crippen LogP contribution in [0.2, 0.25) is 5.02 Å². The van der Waals surface area contributed by atoms with Crippen molar-refractivity contribution in [3.63, 3.8) is 0 Å². The highest BCUT2D eigenvalue weighted by molar-refractivity contribution is 6.33. The molecule has 6 heteroatoms. The Hall–Kier alpha value is -1.33. The van der Waals surface area contributed by atoms with E-state index in [0.717, 1.165) is 6.42 Å². The highest BCUT2D eigenvalue weighted by Gasteiger charge is 2.28. The maximum atomic E-state index is 12.3. The minimum absolute atomic E-state index is 0.106. The van der Waals surface area contributed by atoms with Gasteiger partial charge in [0.15, 0.2) is 0 Å². The molecule has 1 rings (SSSR count). The zero-order chi connectivity index (χ0) is 15.6. The first-order valence-corrected chi connectivity index (χ1v) is 6.87. The van der Waals surface area contributed by atoms with Gasteiger partial charge in [0, 0.05) is 5.54 Å². The van der Waals surface area contributed by atoms with Crippen LogP contribution >= 0.6 is 11.6 Å². The van der Waals surface area contributed by atoms with Gasteiger partial charge in [-0.05, 0) is 37.8 Å². The van der Waals surface area contributed by atoms with Crippen molar-refractivity contribution in [2.24, 2.45) is 11.3 Å². The second-order valence-corrected chi connectivity index (χ2v) is 7.15. The number of nitrogen functional groups attached to an aromatic ring is 1. The van der Waals surface area contributed by atoms with Gasteiger partial charge >= 0.3 is 0 Å². The van der Waals surface area contributed by atoms with Gasteiger partial charge in [0.1, 0.15) is 11.5 Å². The van der Waals surface area contributed by atoms with Gasteiger partial charge in [-0.3, -0.25) is 4.79 Å². The normalized spacial score (nSPS) is 12.2. The first-order valence-electron chi connectivity index (χ1n) is 6.50. The van der Waals surface area contributed by atoms with Crippen LogP contribution in [0.3, 0.4) is 0 Å². The molecule has 20 heavy (non-hydrogen) atoms. The fourth-order valence-corrected chi connectivity index (χ4v) is 2.61. The summed E-state index contributed by atoms with van der Waals surface area (Å²) in [6.45, 7) is 10.4. The van der Waals surface area contributed by atoms with Crippen molar-refractivity contribution < 1.29 is 4.79 Å². The van der Waals surface area contributed by atoms with Crippen molar-refractivity contribution in [3.05, 3.63) is 22.8 Å². The number of anilines is 1. The third kappa shape index (κ3) is 4.98. The number of halogens is 1. The van der Waals surface area contributed by atoms with E-state index in [-0.39, 0.29) is 22.6 Å². The lowest BCUT2D eigenvalue weighted by Gasteiger charge is -2.33. The van der Waals surface area contributed by atoms with Crippen LogP contribution in [0.25, 0.3) is 0 Å². The SMILES string of the molecule is CC(C)(C)CC(C)(C)NC(=O)c1nc(NN)ccc1Cl. The van der Waals surface area contributed by atoms with Crippen LogP contribution in [0.4, 0.5) is 5.82 Å². The van der Waals surface area contributed by atoms with E-state index in [1.54, 1.807) is 12.1 Å². The minimum Gasteiger partial charge on any atom is -0.346 e. The van der Waals surface area contributed by atoms with Crippen LogP contribution < -0.4 is 16.6 Å². The Balaban J connectivity index is 2.91. The van der Waals surface area contributed by atoms with Gasteiger partial charge in [-0.25, -0.2) is 10.8 Å². The Bertz CT molecular complexity index is 494. The monoisotopic (exact) mass is 298 g/mol. The number of hydrogen-bond acceptors (Lipinski definition) is 4. The maximum Gasteiger partial charge on any atom is 0.271 e. The molecule has 1 heterocycles. The number of carbonyl (C=O) groups excluding carboxylic acids is 1. The Labute approximate surface area is 125 Å². The van der Waals surface area contributed by atoms with Crippen LogP contribution in [0.1, 0.15) is 51.5 Å². The predicted octanol–water partition coefficient (Wildman–Crippen LogP) is 2.97. The van der Waals surface area contributed by atoms with Gasteiger partial charge < -0.3 is 10.7 Å². The fraction of sp³-hybridized carbons (Fsp3) is 0.571.